The third kappa shape index (κ3) is 9.59. The van der Waals surface area contributed by atoms with Crippen molar-refractivity contribution in [2.24, 2.45) is 5.92 Å². The second-order valence-corrected chi connectivity index (χ2v) is 15.1. The molecule has 4 aromatic rings. The molecule has 0 N–H and O–H groups in total. The van der Waals surface area contributed by atoms with Gasteiger partial charge in [-0.05, 0) is 99.7 Å². The van der Waals surface area contributed by atoms with E-state index in [2.05, 4.69) is 58.1 Å². The molecule has 1 saturated heterocycles. The number of likely N-dealkylation sites (tertiary alicyclic amines) is 1. The van der Waals surface area contributed by atoms with Crippen molar-refractivity contribution < 1.29 is 33.3 Å². The van der Waals surface area contributed by atoms with Crippen LogP contribution in [0.3, 0.4) is 0 Å². The highest BCUT2D eigenvalue weighted by molar-refractivity contribution is 5.86. The van der Waals surface area contributed by atoms with E-state index in [1.165, 1.54) is 0 Å². The lowest BCUT2D eigenvalue weighted by atomic mass is 9.79. The third-order valence-electron chi connectivity index (χ3n) is 9.98. The Kier molecular flexibility index (Phi) is 12.1. The molecule has 0 spiro atoms. The van der Waals surface area contributed by atoms with Crippen molar-refractivity contribution >= 4 is 28.9 Å². The van der Waals surface area contributed by atoms with E-state index >= 15 is 0 Å². The van der Waals surface area contributed by atoms with Gasteiger partial charge in [-0.15, -0.1) is 0 Å². The lowest BCUT2D eigenvalue weighted by Crippen LogP contribution is -2.51. The molecule has 10 heteroatoms. The van der Waals surface area contributed by atoms with E-state index < -0.39 is 17.5 Å². The Morgan fingerprint density at radius 1 is 0.925 bits per heavy atom. The summed E-state index contributed by atoms with van der Waals surface area (Å²) >= 11 is 0. The first-order valence-corrected chi connectivity index (χ1v) is 18.9. The molecule has 0 radical (unpaired) electrons. The van der Waals surface area contributed by atoms with E-state index in [4.69, 9.17) is 18.9 Å². The topological polar surface area (TPSA) is 99.5 Å². The van der Waals surface area contributed by atoms with E-state index in [0.717, 1.165) is 59.0 Å². The Morgan fingerprint density at radius 3 is 2.42 bits per heavy atom. The predicted octanol–water partition coefficient (Wildman–Crippen LogP) is 7.82. The van der Waals surface area contributed by atoms with Crippen LogP contribution >= 0.6 is 0 Å². The number of benzene rings is 3. The fraction of sp³-hybridized carbons (Fsp3) is 0.465. The molecule has 1 aliphatic heterocycles. The second kappa shape index (κ2) is 16.9. The summed E-state index contributed by atoms with van der Waals surface area (Å²) in [6.07, 6.45) is 5.30. The minimum Gasteiger partial charge on any atom is -0.482 e. The van der Waals surface area contributed by atoms with Crippen LogP contribution < -0.4 is 4.74 Å². The third-order valence-corrected chi connectivity index (χ3v) is 9.98. The zero-order valence-corrected chi connectivity index (χ0v) is 31.7. The van der Waals surface area contributed by atoms with Gasteiger partial charge in [-0.3, -0.25) is 4.79 Å². The van der Waals surface area contributed by atoms with E-state index in [-0.39, 0.29) is 37.1 Å². The summed E-state index contributed by atoms with van der Waals surface area (Å²) in [5, 5.41) is 1.16. The van der Waals surface area contributed by atoms with Gasteiger partial charge in [0.05, 0.1) is 12.5 Å². The number of aromatic nitrogens is 1. The second-order valence-electron chi connectivity index (χ2n) is 15.1. The van der Waals surface area contributed by atoms with Crippen LogP contribution in [0.25, 0.3) is 22.0 Å². The van der Waals surface area contributed by atoms with Crippen molar-refractivity contribution in [3.63, 3.8) is 0 Å². The van der Waals surface area contributed by atoms with Crippen LogP contribution in [0.1, 0.15) is 70.4 Å². The van der Waals surface area contributed by atoms with Crippen LogP contribution in [-0.4, -0.2) is 84.0 Å². The molecule has 6 rings (SSSR count). The van der Waals surface area contributed by atoms with E-state index in [1.54, 1.807) is 18.9 Å². The Hall–Kier alpha value is -4.83. The average Bonchev–Trinajstić information content (AvgIpc) is 3.94. The van der Waals surface area contributed by atoms with E-state index in [9.17, 15) is 14.4 Å². The molecule has 1 saturated carbocycles. The van der Waals surface area contributed by atoms with Gasteiger partial charge >= 0.3 is 12.1 Å². The minimum atomic E-state index is -0.640. The summed E-state index contributed by atoms with van der Waals surface area (Å²) in [4.78, 5) is 43.9. The Balaban J connectivity index is 1.27. The molecule has 2 aliphatic rings. The lowest BCUT2D eigenvalue weighted by molar-refractivity contribution is -0.145. The Bertz CT molecular complexity index is 1870. The number of amides is 2. The van der Waals surface area contributed by atoms with E-state index in [0.29, 0.717) is 38.5 Å². The van der Waals surface area contributed by atoms with Crippen LogP contribution in [0.5, 0.6) is 5.75 Å². The van der Waals surface area contributed by atoms with Crippen LogP contribution in [-0.2, 0) is 36.9 Å². The molecule has 2 fully saturated rings. The fourth-order valence-corrected chi connectivity index (χ4v) is 7.31. The smallest absolute Gasteiger partial charge is 0.410 e. The van der Waals surface area contributed by atoms with Gasteiger partial charge in [0.1, 0.15) is 11.4 Å². The first-order chi connectivity index (χ1) is 25.5. The number of ether oxygens (including phenoxy) is 4. The van der Waals surface area contributed by atoms with Crippen molar-refractivity contribution in [1.82, 2.24) is 14.4 Å². The van der Waals surface area contributed by atoms with Crippen molar-refractivity contribution in [3.05, 3.63) is 90.1 Å². The summed E-state index contributed by atoms with van der Waals surface area (Å²) in [6.45, 7) is 10.3. The number of piperidine rings is 1. The predicted molar refractivity (Wildman–Crippen MR) is 205 cm³/mol. The van der Waals surface area contributed by atoms with Gasteiger partial charge in [0.25, 0.3) is 0 Å². The highest BCUT2D eigenvalue weighted by Gasteiger charge is 2.43. The van der Waals surface area contributed by atoms with Crippen molar-refractivity contribution in [1.29, 1.82) is 0 Å². The fourth-order valence-electron chi connectivity index (χ4n) is 7.31. The molecule has 2 atom stereocenters. The van der Waals surface area contributed by atoms with Gasteiger partial charge < -0.3 is 33.3 Å². The molecule has 10 nitrogen and oxygen atoms in total. The quantitative estimate of drug-likeness (QED) is 0.0967. The number of rotatable bonds is 14. The first-order valence-electron chi connectivity index (χ1n) is 18.9. The molecule has 3 aromatic carbocycles. The number of methoxy groups -OCH3 is 1. The maximum absolute atomic E-state index is 15.0. The van der Waals surface area contributed by atoms with Gasteiger partial charge in [-0.2, -0.15) is 0 Å². The number of nitrogens with zero attached hydrogens (tertiary/aromatic N) is 3. The average molecular weight is 724 g/mol. The maximum Gasteiger partial charge on any atom is 0.410 e. The highest BCUT2D eigenvalue weighted by Crippen LogP contribution is 2.40. The molecule has 2 heterocycles. The van der Waals surface area contributed by atoms with Crippen LogP contribution in [0, 0.1) is 5.92 Å². The molecule has 2 amide bonds. The minimum absolute atomic E-state index is 0.0791. The van der Waals surface area contributed by atoms with E-state index in [1.807, 2.05) is 51.1 Å². The van der Waals surface area contributed by atoms with Crippen molar-refractivity contribution in [2.45, 2.75) is 84.0 Å². The van der Waals surface area contributed by atoms with Gasteiger partial charge in [0, 0.05) is 63.0 Å². The zero-order chi connectivity index (χ0) is 37.5. The molecular formula is C43H53N3O7. The molecule has 0 unspecified atom stereocenters. The molecular weight excluding hydrogens is 670 g/mol. The summed E-state index contributed by atoms with van der Waals surface area (Å²) in [5.41, 5.74) is 4.72. The Morgan fingerprint density at radius 2 is 1.70 bits per heavy atom. The number of fused-ring (bicyclic) bond motifs is 1. The standard InChI is InChI=1S/C43H53N3O7/c1-6-51-40(47)29-52-35-19-15-30(16-20-35)31-11-9-12-32(25-31)36-21-23-45(42(49)53-43(2,3)4)28-38(36)41(48)46(34-17-18-34)27-33-26-44(22-10-24-50-5)39-14-8-7-13-37(33)39/h7-9,11-16,19-20,25-26,34,36,38H,6,10,17-18,21-24,27-29H2,1-5H3/t36-,38+/m1/s1. The van der Waals surface area contributed by atoms with Gasteiger partial charge in [-0.25, -0.2) is 9.59 Å². The molecule has 282 valence electrons. The maximum atomic E-state index is 15.0. The number of carbonyl (C=O) groups is 3. The number of carbonyl (C=O) groups excluding carboxylic acids is 3. The molecule has 1 aromatic heterocycles. The number of para-hydroxylation sites is 1. The Labute approximate surface area is 312 Å². The van der Waals surface area contributed by atoms with Crippen molar-refractivity contribution in [3.8, 4) is 16.9 Å². The zero-order valence-electron chi connectivity index (χ0n) is 31.7. The largest absolute Gasteiger partial charge is 0.482 e. The number of aryl methyl sites for hydroxylation is 1. The van der Waals surface area contributed by atoms with Crippen molar-refractivity contribution in [2.75, 3.05) is 40.0 Å². The first kappa shape index (κ1) is 37.9. The highest BCUT2D eigenvalue weighted by atomic mass is 16.6. The summed E-state index contributed by atoms with van der Waals surface area (Å²) in [6, 6.07) is 24.6. The summed E-state index contributed by atoms with van der Waals surface area (Å²) in [7, 11) is 1.72. The summed E-state index contributed by atoms with van der Waals surface area (Å²) in [5.74, 6) is -0.284. The summed E-state index contributed by atoms with van der Waals surface area (Å²) < 4.78 is 24.0. The monoisotopic (exact) mass is 723 g/mol. The number of hydrogen-bond acceptors (Lipinski definition) is 7. The number of hydrogen-bond donors (Lipinski definition) is 0. The molecule has 1 aliphatic carbocycles. The molecule has 0 bridgehead atoms. The van der Waals surface area contributed by atoms with Gasteiger partial charge in [-0.1, -0.05) is 54.6 Å². The molecule has 53 heavy (non-hydrogen) atoms. The number of esters is 1. The van der Waals surface area contributed by atoms with Crippen LogP contribution in [0.15, 0.2) is 79.0 Å². The van der Waals surface area contributed by atoms with Crippen LogP contribution in [0.4, 0.5) is 4.79 Å². The normalized spacial score (nSPS) is 17.4. The van der Waals surface area contributed by atoms with Gasteiger partial charge in [0.2, 0.25) is 5.91 Å². The van der Waals surface area contributed by atoms with Gasteiger partial charge in [0.15, 0.2) is 6.61 Å². The van der Waals surface area contributed by atoms with Crippen LogP contribution in [0.2, 0.25) is 0 Å². The lowest BCUT2D eigenvalue weighted by Gasteiger charge is -2.40. The SMILES string of the molecule is CCOC(=O)COc1ccc(-c2cccc([C@H]3CCN(C(=O)OC(C)(C)C)C[C@@H]3C(=O)N(Cc3cn(CCCOC)c4ccccc34)C3CC3)c2)cc1.